The van der Waals surface area contributed by atoms with Gasteiger partial charge in [0.1, 0.15) is 5.54 Å². The van der Waals surface area contributed by atoms with E-state index in [0.717, 1.165) is 6.54 Å². The summed E-state index contributed by atoms with van der Waals surface area (Å²) in [7, 11) is 3.75. The molecule has 2 N–H and O–H groups in total. The van der Waals surface area contributed by atoms with Gasteiger partial charge in [-0.3, -0.25) is 4.79 Å². The van der Waals surface area contributed by atoms with E-state index < -0.39 is 11.5 Å². The molecule has 4 nitrogen and oxygen atoms in total. The molecule has 0 bridgehead atoms. The second kappa shape index (κ2) is 5.83. The fourth-order valence-electron chi connectivity index (χ4n) is 1.59. The van der Waals surface area contributed by atoms with Gasteiger partial charge >= 0.3 is 5.97 Å². The molecule has 0 aromatic heterocycles. The highest BCUT2D eigenvalue weighted by Crippen LogP contribution is 2.23. The predicted octanol–water partition coefficient (Wildman–Crippen LogP) is 1.81. The van der Waals surface area contributed by atoms with Gasteiger partial charge in [-0.15, -0.1) is 0 Å². The highest BCUT2D eigenvalue weighted by molar-refractivity contribution is 5.78. The minimum absolute atomic E-state index is 0.202. The summed E-state index contributed by atoms with van der Waals surface area (Å²) in [5.41, 5.74) is -0.639. The summed E-state index contributed by atoms with van der Waals surface area (Å²) in [5.74, 6) is -0.795. The topological polar surface area (TPSA) is 52.6 Å². The highest BCUT2D eigenvalue weighted by Gasteiger charge is 2.32. The molecule has 0 amide bonds. The number of carboxylic acids is 1. The van der Waals surface area contributed by atoms with E-state index in [4.69, 9.17) is 5.11 Å². The second-order valence-corrected chi connectivity index (χ2v) is 6.16. The number of nitrogens with zero attached hydrogens (tertiary/aromatic N) is 1. The van der Waals surface area contributed by atoms with Crippen LogP contribution in [0.1, 0.15) is 41.0 Å². The first-order valence-electron chi connectivity index (χ1n) is 6.17. The highest BCUT2D eigenvalue weighted by atomic mass is 16.4. The van der Waals surface area contributed by atoms with Crippen LogP contribution >= 0.6 is 0 Å². The standard InChI is InChI=1S/C13H28N2O2/c1-10(12(2,3)4)15(7)9-8-13(5,14-6)11(16)17/h10,14H,8-9H2,1-7H3,(H,16,17). The number of likely N-dealkylation sites (N-methyl/N-ethyl adjacent to an activating group) is 1. The van der Waals surface area contributed by atoms with Gasteiger partial charge in [0.2, 0.25) is 0 Å². The lowest BCUT2D eigenvalue weighted by atomic mass is 9.86. The molecule has 0 radical (unpaired) electrons. The summed E-state index contributed by atoms with van der Waals surface area (Å²) < 4.78 is 0. The molecule has 0 aliphatic carbocycles. The minimum Gasteiger partial charge on any atom is -0.480 e. The van der Waals surface area contributed by atoms with E-state index in [9.17, 15) is 4.79 Å². The van der Waals surface area contributed by atoms with Gasteiger partial charge in [0.15, 0.2) is 0 Å². The number of aliphatic carboxylic acids is 1. The first-order valence-corrected chi connectivity index (χ1v) is 6.17. The molecule has 0 heterocycles. The van der Waals surface area contributed by atoms with Gasteiger partial charge in [0.05, 0.1) is 0 Å². The maximum Gasteiger partial charge on any atom is 0.323 e. The van der Waals surface area contributed by atoms with Crippen LogP contribution in [0.2, 0.25) is 0 Å². The van der Waals surface area contributed by atoms with Crippen LogP contribution < -0.4 is 5.32 Å². The van der Waals surface area contributed by atoms with Crippen LogP contribution in [0.4, 0.5) is 0 Å². The Labute approximate surface area is 105 Å². The Balaban J connectivity index is 4.43. The summed E-state index contributed by atoms with van der Waals surface area (Å²) in [6.45, 7) is 11.3. The Morgan fingerprint density at radius 3 is 2.12 bits per heavy atom. The molecule has 0 spiro atoms. The van der Waals surface area contributed by atoms with Crippen molar-refractivity contribution in [3.8, 4) is 0 Å². The minimum atomic E-state index is -0.841. The van der Waals surface area contributed by atoms with E-state index in [0.29, 0.717) is 12.5 Å². The van der Waals surface area contributed by atoms with E-state index in [1.54, 1.807) is 14.0 Å². The van der Waals surface area contributed by atoms with Crippen LogP contribution in [0.15, 0.2) is 0 Å². The average molecular weight is 244 g/mol. The quantitative estimate of drug-likeness (QED) is 0.748. The average Bonchev–Trinajstić information content (AvgIpc) is 2.22. The fraction of sp³-hybridized carbons (Fsp3) is 0.923. The van der Waals surface area contributed by atoms with Crippen LogP contribution in [0.25, 0.3) is 0 Å². The van der Waals surface area contributed by atoms with Gasteiger partial charge in [-0.25, -0.2) is 0 Å². The number of hydrogen-bond donors (Lipinski definition) is 2. The van der Waals surface area contributed by atoms with Gasteiger partial charge in [-0.2, -0.15) is 0 Å². The largest absolute Gasteiger partial charge is 0.480 e. The smallest absolute Gasteiger partial charge is 0.323 e. The van der Waals surface area contributed by atoms with Crippen molar-refractivity contribution in [3.63, 3.8) is 0 Å². The van der Waals surface area contributed by atoms with Crippen molar-refractivity contribution >= 4 is 5.97 Å². The number of rotatable bonds is 6. The molecule has 0 rings (SSSR count). The van der Waals surface area contributed by atoms with Gasteiger partial charge < -0.3 is 15.3 Å². The SMILES string of the molecule is CNC(C)(CCN(C)C(C)C(C)(C)C)C(=O)O. The Morgan fingerprint density at radius 1 is 1.35 bits per heavy atom. The Kier molecular flexibility index (Phi) is 5.62. The summed E-state index contributed by atoms with van der Waals surface area (Å²) in [6, 6.07) is 0.414. The third-order valence-electron chi connectivity index (χ3n) is 3.90. The maximum absolute atomic E-state index is 11.2. The second-order valence-electron chi connectivity index (χ2n) is 6.16. The molecule has 2 unspecified atom stereocenters. The Hall–Kier alpha value is -0.610. The number of nitrogens with one attached hydrogen (secondary N) is 1. The van der Waals surface area contributed by atoms with E-state index in [1.165, 1.54) is 0 Å². The molecule has 17 heavy (non-hydrogen) atoms. The van der Waals surface area contributed by atoms with Crippen molar-refractivity contribution in [3.05, 3.63) is 0 Å². The van der Waals surface area contributed by atoms with E-state index >= 15 is 0 Å². The van der Waals surface area contributed by atoms with Crippen LogP contribution in [0.5, 0.6) is 0 Å². The van der Waals surface area contributed by atoms with Gasteiger partial charge in [0.25, 0.3) is 0 Å². The molecule has 2 atom stereocenters. The first kappa shape index (κ1) is 16.4. The van der Waals surface area contributed by atoms with Crippen molar-refractivity contribution in [2.75, 3.05) is 20.6 Å². The lowest BCUT2D eigenvalue weighted by molar-refractivity contribution is -0.144. The van der Waals surface area contributed by atoms with Crippen molar-refractivity contribution in [2.24, 2.45) is 5.41 Å². The van der Waals surface area contributed by atoms with Gasteiger partial charge in [-0.1, -0.05) is 20.8 Å². The van der Waals surface area contributed by atoms with Gasteiger partial charge in [0, 0.05) is 12.6 Å². The van der Waals surface area contributed by atoms with Crippen molar-refractivity contribution in [1.82, 2.24) is 10.2 Å². The Morgan fingerprint density at radius 2 is 1.82 bits per heavy atom. The zero-order chi connectivity index (χ0) is 13.9. The summed E-state index contributed by atoms with van der Waals surface area (Å²) in [5, 5.41) is 12.0. The monoisotopic (exact) mass is 244 g/mol. The predicted molar refractivity (Wildman–Crippen MR) is 71.3 cm³/mol. The summed E-state index contributed by atoms with van der Waals surface area (Å²) >= 11 is 0. The molecule has 0 aromatic carbocycles. The molecule has 0 aliphatic heterocycles. The maximum atomic E-state index is 11.2. The zero-order valence-electron chi connectivity index (χ0n) is 12.3. The summed E-state index contributed by atoms with van der Waals surface area (Å²) in [6.07, 6.45) is 0.593. The summed E-state index contributed by atoms with van der Waals surface area (Å²) in [4.78, 5) is 13.4. The number of hydrogen-bond acceptors (Lipinski definition) is 3. The molecular formula is C13H28N2O2. The molecule has 102 valence electrons. The molecule has 0 aliphatic rings. The molecule has 4 heteroatoms. The van der Waals surface area contributed by atoms with E-state index in [2.05, 4.69) is 37.9 Å². The van der Waals surface area contributed by atoms with Crippen molar-refractivity contribution in [1.29, 1.82) is 0 Å². The molecular weight excluding hydrogens is 216 g/mol. The molecule has 0 saturated carbocycles. The normalized spacial score (nSPS) is 17.9. The molecule has 0 aromatic rings. The van der Waals surface area contributed by atoms with Crippen molar-refractivity contribution < 1.29 is 9.90 Å². The van der Waals surface area contributed by atoms with Crippen LogP contribution in [-0.4, -0.2) is 48.2 Å². The fourth-order valence-corrected chi connectivity index (χ4v) is 1.59. The lowest BCUT2D eigenvalue weighted by Crippen LogP contribution is -2.50. The number of carboxylic acid groups (broad SMARTS) is 1. The van der Waals surface area contributed by atoms with Crippen LogP contribution in [0.3, 0.4) is 0 Å². The lowest BCUT2D eigenvalue weighted by Gasteiger charge is -2.37. The van der Waals surface area contributed by atoms with E-state index in [-0.39, 0.29) is 5.41 Å². The van der Waals surface area contributed by atoms with Crippen LogP contribution in [0, 0.1) is 5.41 Å². The van der Waals surface area contributed by atoms with E-state index in [1.807, 2.05) is 7.05 Å². The zero-order valence-corrected chi connectivity index (χ0v) is 12.3. The molecule has 0 saturated heterocycles. The Bertz CT molecular complexity index is 261. The van der Waals surface area contributed by atoms with Gasteiger partial charge in [-0.05, 0) is 39.8 Å². The third-order valence-corrected chi connectivity index (χ3v) is 3.90. The number of carbonyl (C=O) groups is 1. The van der Waals surface area contributed by atoms with Crippen LogP contribution in [-0.2, 0) is 4.79 Å². The third kappa shape index (κ3) is 4.64. The first-order chi connectivity index (χ1) is 7.54. The molecule has 0 fully saturated rings. The van der Waals surface area contributed by atoms with Crippen molar-refractivity contribution in [2.45, 2.75) is 52.6 Å².